The minimum atomic E-state index is -0.385. The Morgan fingerprint density at radius 2 is 2.25 bits per heavy atom. The Bertz CT molecular complexity index is 234. The Labute approximate surface area is 102 Å². The summed E-state index contributed by atoms with van der Waals surface area (Å²) in [6, 6.07) is 0.368. The number of carbonyl (C=O) groups is 1. The lowest BCUT2D eigenvalue weighted by atomic mass is 10.2. The van der Waals surface area contributed by atoms with Gasteiger partial charge < -0.3 is 19.7 Å². The Balaban J connectivity index is 0.00000128. The molecule has 2 atom stereocenters. The zero-order valence-corrected chi connectivity index (χ0v) is 10.3. The fourth-order valence-corrected chi connectivity index (χ4v) is 1.97. The van der Waals surface area contributed by atoms with E-state index in [1.165, 1.54) is 0 Å². The highest BCUT2D eigenvalue weighted by Gasteiger charge is 2.29. The van der Waals surface area contributed by atoms with Gasteiger partial charge >= 0.3 is 0 Å². The molecule has 2 aliphatic rings. The van der Waals surface area contributed by atoms with Crippen LogP contribution in [0.1, 0.15) is 6.92 Å². The third kappa shape index (κ3) is 3.31. The maximum Gasteiger partial charge on any atom is 0.254 e. The van der Waals surface area contributed by atoms with Gasteiger partial charge in [-0.25, -0.2) is 0 Å². The van der Waals surface area contributed by atoms with Crippen molar-refractivity contribution in [2.45, 2.75) is 19.1 Å². The monoisotopic (exact) mass is 250 g/mol. The van der Waals surface area contributed by atoms with Crippen molar-refractivity contribution >= 4 is 18.3 Å². The largest absolute Gasteiger partial charge is 0.376 e. The van der Waals surface area contributed by atoms with E-state index in [4.69, 9.17) is 9.47 Å². The van der Waals surface area contributed by atoms with Gasteiger partial charge in [0.05, 0.1) is 19.8 Å². The number of rotatable bonds is 1. The Morgan fingerprint density at radius 3 is 2.88 bits per heavy atom. The van der Waals surface area contributed by atoms with E-state index in [9.17, 15) is 4.79 Å². The van der Waals surface area contributed by atoms with Crippen LogP contribution in [-0.4, -0.2) is 62.4 Å². The molecule has 0 aromatic rings. The van der Waals surface area contributed by atoms with Crippen LogP contribution in [0, 0.1) is 0 Å². The zero-order chi connectivity index (χ0) is 10.7. The van der Waals surface area contributed by atoms with Gasteiger partial charge in [0.15, 0.2) is 6.10 Å². The standard InChI is InChI=1S/C10H18N2O3.ClH/c1-8-6-12(3-2-11-8)10(13)9-7-14-4-5-15-9;/h8-9,11H,2-7H2,1H3;1H. The van der Waals surface area contributed by atoms with Crippen LogP contribution in [0.5, 0.6) is 0 Å². The molecular weight excluding hydrogens is 232 g/mol. The van der Waals surface area contributed by atoms with Gasteiger partial charge in [0.1, 0.15) is 0 Å². The average molecular weight is 251 g/mol. The van der Waals surface area contributed by atoms with Gasteiger partial charge in [-0.1, -0.05) is 0 Å². The number of hydrogen-bond acceptors (Lipinski definition) is 4. The smallest absolute Gasteiger partial charge is 0.254 e. The summed E-state index contributed by atoms with van der Waals surface area (Å²) in [7, 11) is 0. The van der Waals surface area contributed by atoms with Crippen molar-refractivity contribution in [3.05, 3.63) is 0 Å². The number of carbonyl (C=O) groups excluding carboxylic acids is 1. The molecule has 2 heterocycles. The van der Waals surface area contributed by atoms with Crippen LogP contribution in [0.25, 0.3) is 0 Å². The molecule has 2 rings (SSSR count). The van der Waals surface area contributed by atoms with Crippen LogP contribution < -0.4 is 5.32 Å². The molecule has 0 aromatic carbocycles. The van der Waals surface area contributed by atoms with Gasteiger partial charge in [0.25, 0.3) is 5.91 Å². The number of hydrogen-bond donors (Lipinski definition) is 1. The van der Waals surface area contributed by atoms with E-state index in [1.54, 1.807) is 0 Å². The molecule has 16 heavy (non-hydrogen) atoms. The van der Waals surface area contributed by atoms with Crippen molar-refractivity contribution in [2.75, 3.05) is 39.5 Å². The molecule has 0 bridgehead atoms. The van der Waals surface area contributed by atoms with Gasteiger partial charge in [-0.15, -0.1) is 12.4 Å². The number of amides is 1. The van der Waals surface area contributed by atoms with Gasteiger partial charge in [-0.3, -0.25) is 4.79 Å². The molecule has 6 heteroatoms. The van der Waals surface area contributed by atoms with Crippen molar-refractivity contribution in [3.63, 3.8) is 0 Å². The summed E-state index contributed by atoms with van der Waals surface area (Å²) in [6.45, 7) is 6.00. The van der Waals surface area contributed by atoms with Crippen LogP contribution in [-0.2, 0) is 14.3 Å². The van der Waals surface area contributed by atoms with E-state index in [-0.39, 0.29) is 24.4 Å². The second kappa shape index (κ2) is 6.39. The highest BCUT2D eigenvalue weighted by Crippen LogP contribution is 2.07. The van der Waals surface area contributed by atoms with Crippen LogP contribution in [0.15, 0.2) is 0 Å². The molecule has 0 aliphatic carbocycles. The maximum atomic E-state index is 12.0. The molecule has 1 N–H and O–H groups in total. The van der Waals surface area contributed by atoms with Crippen LogP contribution in [0.3, 0.4) is 0 Å². The molecule has 5 nitrogen and oxygen atoms in total. The predicted molar refractivity (Wildman–Crippen MR) is 61.9 cm³/mol. The fourth-order valence-electron chi connectivity index (χ4n) is 1.97. The highest BCUT2D eigenvalue weighted by atomic mass is 35.5. The van der Waals surface area contributed by atoms with Gasteiger partial charge in [0.2, 0.25) is 0 Å². The fraction of sp³-hybridized carbons (Fsp3) is 0.900. The van der Waals surface area contributed by atoms with Gasteiger partial charge in [0, 0.05) is 25.7 Å². The van der Waals surface area contributed by atoms with Crippen molar-refractivity contribution < 1.29 is 14.3 Å². The molecule has 0 saturated carbocycles. The summed E-state index contributed by atoms with van der Waals surface area (Å²) in [5.74, 6) is 0.0723. The SMILES string of the molecule is CC1CN(C(=O)C2COCCO2)CCN1.Cl. The summed E-state index contributed by atoms with van der Waals surface area (Å²) in [5, 5.41) is 3.30. The van der Waals surface area contributed by atoms with Crippen molar-refractivity contribution in [1.82, 2.24) is 10.2 Å². The molecule has 2 unspecified atom stereocenters. The number of ether oxygens (including phenoxy) is 2. The lowest BCUT2D eigenvalue weighted by Gasteiger charge is -2.35. The third-order valence-electron chi connectivity index (χ3n) is 2.77. The Kier molecular flexibility index (Phi) is 5.48. The lowest BCUT2D eigenvalue weighted by molar-refractivity contribution is -0.159. The molecule has 2 aliphatic heterocycles. The van der Waals surface area contributed by atoms with Crippen molar-refractivity contribution in [1.29, 1.82) is 0 Å². The first-order valence-electron chi connectivity index (χ1n) is 5.49. The van der Waals surface area contributed by atoms with Crippen LogP contribution in [0.4, 0.5) is 0 Å². The third-order valence-corrected chi connectivity index (χ3v) is 2.77. The summed E-state index contributed by atoms with van der Waals surface area (Å²) >= 11 is 0. The minimum absolute atomic E-state index is 0. The summed E-state index contributed by atoms with van der Waals surface area (Å²) in [6.07, 6.45) is -0.385. The number of piperazine rings is 1. The summed E-state index contributed by atoms with van der Waals surface area (Å²) in [4.78, 5) is 13.9. The molecule has 0 radical (unpaired) electrons. The Hall–Kier alpha value is -0.360. The first-order chi connectivity index (χ1) is 7.27. The number of nitrogens with one attached hydrogen (secondary N) is 1. The highest BCUT2D eigenvalue weighted by molar-refractivity contribution is 5.85. The van der Waals surface area contributed by atoms with E-state index in [0.29, 0.717) is 25.9 Å². The zero-order valence-electron chi connectivity index (χ0n) is 9.48. The minimum Gasteiger partial charge on any atom is -0.376 e. The molecular formula is C10H19ClN2O3. The number of nitrogens with zero attached hydrogens (tertiary/aromatic N) is 1. The van der Waals surface area contributed by atoms with E-state index in [0.717, 1.165) is 19.6 Å². The topological polar surface area (TPSA) is 50.8 Å². The summed E-state index contributed by atoms with van der Waals surface area (Å²) < 4.78 is 10.6. The predicted octanol–water partition coefficient (Wildman–Crippen LogP) is -0.356. The molecule has 2 fully saturated rings. The Morgan fingerprint density at radius 1 is 1.44 bits per heavy atom. The van der Waals surface area contributed by atoms with Crippen molar-refractivity contribution in [3.8, 4) is 0 Å². The van der Waals surface area contributed by atoms with E-state index >= 15 is 0 Å². The molecule has 94 valence electrons. The first kappa shape index (κ1) is 13.7. The maximum absolute atomic E-state index is 12.0. The molecule has 0 aromatic heterocycles. The summed E-state index contributed by atoms with van der Waals surface area (Å²) in [5.41, 5.74) is 0. The van der Waals surface area contributed by atoms with Crippen molar-refractivity contribution in [2.24, 2.45) is 0 Å². The second-order valence-electron chi connectivity index (χ2n) is 4.07. The normalized spacial score (nSPS) is 30.7. The van der Waals surface area contributed by atoms with Gasteiger partial charge in [-0.2, -0.15) is 0 Å². The quantitative estimate of drug-likeness (QED) is 0.691. The first-order valence-corrected chi connectivity index (χ1v) is 5.49. The van der Waals surface area contributed by atoms with E-state index < -0.39 is 0 Å². The van der Waals surface area contributed by atoms with Gasteiger partial charge in [-0.05, 0) is 6.92 Å². The van der Waals surface area contributed by atoms with E-state index in [1.807, 2.05) is 4.90 Å². The van der Waals surface area contributed by atoms with Crippen LogP contribution >= 0.6 is 12.4 Å². The lowest BCUT2D eigenvalue weighted by Crippen LogP contribution is -2.55. The molecule has 2 saturated heterocycles. The van der Waals surface area contributed by atoms with E-state index in [2.05, 4.69) is 12.2 Å². The van der Waals surface area contributed by atoms with Crippen LogP contribution in [0.2, 0.25) is 0 Å². The average Bonchev–Trinajstić information content (AvgIpc) is 2.29. The molecule has 1 amide bonds. The number of halogens is 1. The molecule has 0 spiro atoms. The second-order valence-corrected chi connectivity index (χ2v) is 4.07.